The molecule has 0 spiro atoms. The van der Waals surface area contributed by atoms with Crippen molar-refractivity contribution in [1.29, 1.82) is 0 Å². The fraction of sp³-hybridized carbons (Fsp3) is 0.538. The molecule has 14 heavy (non-hydrogen) atoms. The van der Waals surface area contributed by atoms with Crippen LogP contribution in [0.1, 0.15) is 25.8 Å². The zero-order chi connectivity index (χ0) is 10.4. The molecule has 1 nitrogen and oxygen atoms in total. The second kappa shape index (κ2) is 5.82. The summed E-state index contributed by atoms with van der Waals surface area (Å²) < 4.78 is 5.47. The molecule has 0 saturated carbocycles. The van der Waals surface area contributed by atoms with E-state index in [9.17, 15) is 0 Å². The second-order valence-electron chi connectivity index (χ2n) is 4.18. The highest BCUT2D eigenvalue weighted by Crippen LogP contribution is 2.13. The summed E-state index contributed by atoms with van der Waals surface area (Å²) in [5, 5.41) is 0. The predicted octanol–water partition coefficient (Wildman–Crippen LogP) is 3.29. The number of hydrogen-bond acceptors (Lipinski definition) is 1. The summed E-state index contributed by atoms with van der Waals surface area (Å²) in [5.74, 6) is 0.698. The second-order valence-corrected chi connectivity index (χ2v) is 4.18. The van der Waals surface area contributed by atoms with E-state index in [0.717, 1.165) is 12.8 Å². The van der Waals surface area contributed by atoms with Crippen LogP contribution in [-0.2, 0) is 11.2 Å². The molecule has 0 aliphatic carbocycles. The molecule has 0 N–H and O–H groups in total. The summed E-state index contributed by atoms with van der Waals surface area (Å²) in [6.07, 6.45) is 2.51. The Morgan fingerprint density at radius 1 is 1.14 bits per heavy atom. The van der Waals surface area contributed by atoms with E-state index in [-0.39, 0.29) is 0 Å². The molecule has 0 amide bonds. The summed E-state index contributed by atoms with van der Waals surface area (Å²) in [7, 11) is 1.80. The van der Waals surface area contributed by atoms with E-state index >= 15 is 0 Å². The average molecular weight is 192 g/mol. The Morgan fingerprint density at radius 3 is 2.29 bits per heavy atom. The van der Waals surface area contributed by atoms with Gasteiger partial charge in [0, 0.05) is 7.11 Å². The molecule has 1 aromatic carbocycles. The lowest BCUT2D eigenvalue weighted by molar-refractivity contribution is 0.0848. The van der Waals surface area contributed by atoms with Crippen LogP contribution in [0.4, 0.5) is 0 Å². The summed E-state index contributed by atoms with van der Waals surface area (Å²) in [6, 6.07) is 10.5. The molecule has 0 fully saturated rings. The Morgan fingerprint density at radius 2 is 1.79 bits per heavy atom. The molecular formula is C13H20O. The molecular weight excluding hydrogens is 172 g/mol. The Kier molecular flexibility index (Phi) is 4.68. The van der Waals surface area contributed by atoms with Gasteiger partial charge in [0.1, 0.15) is 0 Å². The van der Waals surface area contributed by atoms with Crippen LogP contribution in [0, 0.1) is 5.92 Å². The first kappa shape index (κ1) is 11.3. The first-order chi connectivity index (χ1) is 6.72. The van der Waals surface area contributed by atoms with Crippen LogP contribution in [0.2, 0.25) is 0 Å². The normalized spacial score (nSPS) is 13.1. The van der Waals surface area contributed by atoms with Crippen molar-refractivity contribution in [3.8, 4) is 0 Å². The Hall–Kier alpha value is -0.820. The van der Waals surface area contributed by atoms with E-state index in [1.807, 2.05) is 6.07 Å². The average Bonchev–Trinajstić information content (AvgIpc) is 2.17. The minimum Gasteiger partial charge on any atom is -0.381 e. The predicted molar refractivity (Wildman–Crippen MR) is 60.4 cm³/mol. The van der Waals surface area contributed by atoms with Gasteiger partial charge in [-0.05, 0) is 24.3 Å². The molecule has 1 atom stereocenters. The lowest BCUT2D eigenvalue weighted by Crippen LogP contribution is -2.16. The third kappa shape index (κ3) is 3.93. The maximum atomic E-state index is 5.47. The minimum absolute atomic E-state index is 0.359. The van der Waals surface area contributed by atoms with E-state index in [2.05, 4.69) is 38.1 Å². The third-order valence-electron chi connectivity index (χ3n) is 2.37. The van der Waals surface area contributed by atoms with Crippen molar-refractivity contribution in [3.63, 3.8) is 0 Å². The van der Waals surface area contributed by atoms with Crippen LogP contribution >= 0.6 is 0 Å². The van der Waals surface area contributed by atoms with Gasteiger partial charge in [-0.15, -0.1) is 0 Å². The Balaban J connectivity index is 2.48. The van der Waals surface area contributed by atoms with E-state index < -0.39 is 0 Å². The molecule has 0 radical (unpaired) electrons. The van der Waals surface area contributed by atoms with Gasteiger partial charge in [-0.1, -0.05) is 44.2 Å². The molecule has 0 saturated heterocycles. The van der Waals surface area contributed by atoms with Gasteiger partial charge in [0.2, 0.25) is 0 Å². The van der Waals surface area contributed by atoms with Crippen LogP contribution in [0.25, 0.3) is 0 Å². The molecule has 1 heteroatoms. The number of methoxy groups -OCH3 is 1. The number of hydrogen-bond donors (Lipinski definition) is 0. The molecule has 1 rings (SSSR count). The monoisotopic (exact) mass is 192 g/mol. The quantitative estimate of drug-likeness (QED) is 0.695. The highest BCUT2D eigenvalue weighted by molar-refractivity contribution is 5.15. The molecule has 0 heterocycles. The molecule has 0 bridgehead atoms. The van der Waals surface area contributed by atoms with Crippen molar-refractivity contribution in [3.05, 3.63) is 35.9 Å². The van der Waals surface area contributed by atoms with E-state index in [4.69, 9.17) is 4.74 Å². The topological polar surface area (TPSA) is 9.23 Å². The van der Waals surface area contributed by atoms with Crippen LogP contribution in [0.3, 0.4) is 0 Å². The SMILES string of the molecule is COC(Cc1ccccc1)CC(C)C. The minimum atomic E-state index is 0.359. The van der Waals surface area contributed by atoms with Gasteiger partial charge in [-0.3, -0.25) is 0 Å². The Labute approximate surface area is 87.1 Å². The smallest absolute Gasteiger partial charge is 0.0614 e. The van der Waals surface area contributed by atoms with Crippen molar-refractivity contribution in [2.75, 3.05) is 7.11 Å². The van der Waals surface area contributed by atoms with Gasteiger partial charge in [-0.2, -0.15) is 0 Å². The van der Waals surface area contributed by atoms with E-state index in [1.54, 1.807) is 7.11 Å². The van der Waals surface area contributed by atoms with Gasteiger partial charge in [0.15, 0.2) is 0 Å². The van der Waals surface area contributed by atoms with Crippen molar-refractivity contribution < 1.29 is 4.74 Å². The third-order valence-corrected chi connectivity index (χ3v) is 2.37. The summed E-state index contributed by atoms with van der Waals surface area (Å²) in [4.78, 5) is 0. The summed E-state index contributed by atoms with van der Waals surface area (Å²) in [6.45, 7) is 4.47. The Bertz CT molecular complexity index is 241. The summed E-state index contributed by atoms with van der Waals surface area (Å²) in [5.41, 5.74) is 1.36. The molecule has 78 valence electrons. The van der Waals surface area contributed by atoms with Gasteiger partial charge in [0.25, 0.3) is 0 Å². The van der Waals surface area contributed by atoms with Crippen molar-refractivity contribution >= 4 is 0 Å². The highest BCUT2D eigenvalue weighted by atomic mass is 16.5. The van der Waals surface area contributed by atoms with Gasteiger partial charge < -0.3 is 4.74 Å². The molecule has 1 unspecified atom stereocenters. The number of rotatable bonds is 5. The lowest BCUT2D eigenvalue weighted by atomic mass is 10.00. The molecule has 0 aliphatic heterocycles. The largest absolute Gasteiger partial charge is 0.381 e. The van der Waals surface area contributed by atoms with Crippen LogP contribution in [0.5, 0.6) is 0 Å². The molecule has 0 aliphatic rings. The zero-order valence-electron chi connectivity index (χ0n) is 9.36. The van der Waals surface area contributed by atoms with Crippen molar-refractivity contribution in [1.82, 2.24) is 0 Å². The van der Waals surface area contributed by atoms with Crippen molar-refractivity contribution in [2.24, 2.45) is 5.92 Å². The maximum absolute atomic E-state index is 5.47. The lowest BCUT2D eigenvalue weighted by Gasteiger charge is -2.17. The number of benzene rings is 1. The molecule has 0 aromatic heterocycles. The molecule has 1 aromatic rings. The standard InChI is InChI=1S/C13H20O/c1-11(2)9-13(14-3)10-12-7-5-4-6-8-12/h4-8,11,13H,9-10H2,1-3H3. The van der Waals surface area contributed by atoms with Crippen LogP contribution < -0.4 is 0 Å². The van der Waals surface area contributed by atoms with Gasteiger partial charge in [0.05, 0.1) is 6.10 Å². The van der Waals surface area contributed by atoms with E-state index in [1.165, 1.54) is 5.56 Å². The highest BCUT2D eigenvalue weighted by Gasteiger charge is 2.09. The fourth-order valence-electron chi connectivity index (χ4n) is 1.67. The van der Waals surface area contributed by atoms with Crippen molar-refractivity contribution in [2.45, 2.75) is 32.8 Å². The summed E-state index contributed by atoms with van der Waals surface area (Å²) >= 11 is 0. The number of ether oxygens (including phenoxy) is 1. The first-order valence-electron chi connectivity index (χ1n) is 5.29. The van der Waals surface area contributed by atoms with Crippen LogP contribution in [0.15, 0.2) is 30.3 Å². The fourth-order valence-corrected chi connectivity index (χ4v) is 1.67. The van der Waals surface area contributed by atoms with Crippen LogP contribution in [-0.4, -0.2) is 13.2 Å². The van der Waals surface area contributed by atoms with Gasteiger partial charge in [-0.25, -0.2) is 0 Å². The first-order valence-corrected chi connectivity index (χ1v) is 5.29. The zero-order valence-corrected chi connectivity index (χ0v) is 9.36. The van der Waals surface area contributed by atoms with Gasteiger partial charge >= 0.3 is 0 Å². The maximum Gasteiger partial charge on any atom is 0.0614 e. The van der Waals surface area contributed by atoms with E-state index in [0.29, 0.717) is 12.0 Å².